The molecule has 15 heavy (non-hydrogen) atoms. The Kier molecular flexibility index (Phi) is 2.68. The van der Waals surface area contributed by atoms with E-state index in [4.69, 9.17) is 4.42 Å². The highest BCUT2D eigenvalue weighted by atomic mass is 16.3. The van der Waals surface area contributed by atoms with Crippen LogP contribution in [0, 0.1) is 6.92 Å². The Morgan fingerprint density at radius 3 is 2.60 bits per heavy atom. The Labute approximate surface area is 88.2 Å². The highest BCUT2D eigenvalue weighted by Gasteiger charge is 2.00. The van der Waals surface area contributed by atoms with Gasteiger partial charge in [-0.1, -0.05) is 30.3 Å². The minimum absolute atomic E-state index is 0.0344. The van der Waals surface area contributed by atoms with E-state index in [9.17, 15) is 4.79 Å². The first kappa shape index (κ1) is 9.71. The first-order valence-electron chi connectivity index (χ1n) is 4.88. The fraction of sp³-hybridized carbons (Fsp3) is 0.154. The zero-order chi connectivity index (χ0) is 10.7. The fourth-order valence-electron chi connectivity index (χ4n) is 1.41. The number of hydrogen-bond donors (Lipinski definition) is 0. The summed E-state index contributed by atoms with van der Waals surface area (Å²) in [5, 5.41) is 0. The lowest BCUT2D eigenvalue weighted by molar-refractivity contribution is 0.497. The van der Waals surface area contributed by atoms with Crippen LogP contribution >= 0.6 is 0 Å². The van der Waals surface area contributed by atoms with Crippen LogP contribution in [0.15, 0.2) is 51.9 Å². The molecule has 0 atom stereocenters. The monoisotopic (exact) mass is 200 g/mol. The summed E-state index contributed by atoms with van der Waals surface area (Å²) in [6.07, 6.45) is 2.18. The third-order valence-electron chi connectivity index (χ3n) is 2.29. The predicted octanol–water partition coefficient (Wildman–Crippen LogP) is 2.54. The molecule has 2 aromatic rings. The Balaban J connectivity index is 2.26. The molecule has 1 aromatic heterocycles. The van der Waals surface area contributed by atoms with Crippen molar-refractivity contribution >= 4 is 0 Å². The molecule has 0 radical (unpaired) electrons. The van der Waals surface area contributed by atoms with Crippen LogP contribution in [0.1, 0.15) is 16.9 Å². The minimum Gasteiger partial charge on any atom is -0.468 e. The van der Waals surface area contributed by atoms with Gasteiger partial charge >= 0.3 is 0 Å². The zero-order valence-electron chi connectivity index (χ0n) is 8.57. The molecule has 2 heteroatoms. The van der Waals surface area contributed by atoms with Crippen molar-refractivity contribution in [2.75, 3.05) is 0 Å². The average Bonchev–Trinajstić information content (AvgIpc) is 2.25. The van der Waals surface area contributed by atoms with Crippen LogP contribution in [0.3, 0.4) is 0 Å². The van der Waals surface area contributed by atoms with Gasteiger partial charge in [0.25, 0.3) is 0 Å². The van der Waals surface area contributed by atoms with Crippen molar-refractivity contribution in [2.45, 2.75) is 13.3 Å². The molecule has 0 spiro atoms. The van der Waals surface area contributed by atoms with Gasteiger partial charge in [-0.25, -0.2) is 0 Å². The topological polar surface area (TPSA) is 30.2 Å². The van der Waals surface area contributed by atoms with Gasteiger partial charge in [0.1, 0.15) is 5.76 Å². The Morgan fingerprint density at radius 2 is 1.93 bits per heavy atom. The van der Waals surface area contributed by atoms with Crippen LogP contribution in [0.2, 0.25) is 0 Å². The minimum atomic E-state index is 0.0344. The second kappa shape index (κ2) is 4.13. The smallest absolute Gasteiger partial charge is 0.187 e. The summed E-state index contributed by atoms with van der Waals surface area (Å²) in [5.74, 6) is 0.705. The molecule has 0 N–H and O–H groups in total. The van der Waals surface area contributed by atoms with Crippen molar-refractivity contribution in [2.24, 2.45) is 0 Å². The maximum atomic E-state index is 11.4. The number of hydrogen-bond acceptors (Lipinski definition) is 2. The van der Waals surface area contributed by atoms with Crippen molar-refractivity contribution in [1.82, 2.24) is 0 Å². The fourth-order valence-corrected chi connectivity index (χ4v) is 1.41. The predicted molar refractivity (Wildman–Crippen MR) is 59.0 cm³/mol. The quantitative estimate of drug-likeness (QED) is 0.745. The van der Waals surface area contributed by atoms with Crippen molar-refractivity contribution in [3.63, 3.8) is 0 Å². The van der Waals surface area contributed by atoms with Gasteiger partial charge in [-0.15, -0.1) is 0 Å². The molecule has 0 aliphatic heterocycles. The van der Waals surface area contributed by atoms with Crippen LogP contribution in [-0.4, -0.2) is 0 Å². The summed E-state index contributed by atoms with van der Waals surface area (Å²) in [5.41, 5.74) is 1.82. The normalized spacial score (nSPS) is 10.2. The van der Waals surface area contributed by atoms with E-state index in [-0.39, 0.29) is 5.43 Å². The Hall–Kier alpha value is -1.83. The maximum absolute atomic E-state index is 11.4. The molecule has 1 aromatic carbocycles. The summed E-state index contributed by atoms with van der Waals surface area (Å²) in [4.78, 5) is 11.4. The number of benzene rings is 1. The van der Waals surface area contributed by atoms with Crippen LogP contribution in [0.5, 0.6) is 0 Å². The summed E-state index contributed by atoms with van der Waals surface area (Å²) >= 11 is 0. The molecule has 0 bridgehead atoms. The summed E-state index contributed by atoms with van der Waals surface area (Å²) in [6.45, 7) is 1.75. The molecule has 2 rings (SSSR count). The highest BCUT2D eigenvalue weighted by Crippen LogP contribution is 2.07. The van der Waals surface area contributed by atoms with E-state index in [1.807, 2.05) is 30.3 Å². The van der Waals surface area contributed by atoms with Gasteiger partial charge < -0.3 is 4.42 Å². The first-order valence-corrected chi connectivity index (χ1v) is 4.88. The van der Waals surface area contributed by atoms with Gasteiger partial charge in [-0.05, 0) is 12.5 Å². The van der Waals surface area contributed by atoms with Gasteiger partial charge in [0.15, 0.2) is 5.43 Å². The second-order valence-corrected chi connectivity index (χ2v) is 3.56. The largest absolute Gasteiger partial charge is 0.468 e. The molecule has 0 aliphatic rings. The number of rotatable bonds is 2. The molecule has 0 saturated carbocycles. The summed E-state index contributed by atoms with van der Waals surface area (Å²) in [6, 6.07) is 11.5. The van der Waals surface area contributed by atoms with Crippen molar-refractivity contribution in [3.8, 4) is 0 Å². The van der Waals surface area contributed by atoms with Crippen molar-refractivity contribution in [1.29, 1.82) is 0 Å². The molecule has 0 unspecified atom stereocenters. The Morgan fingerprint density at radius 1 is 1.20 bits per heavy atom. The van der Waals surface area contributed by atoms with E-state index in [0.717, 1.165) is 5.56 Å². The van der Waals surface area contributed by atoms with E-state index in [0.29, 0.717) is 17.7 Å². The molecule has 0 amide bonds. The molecular weight excluding hydrogens is 188 g/mol. The van der Waals surface area contributed by atoms with Crippen LogP contribution in [-0.2, 0) is 6.42 Å². The molecule has 1 heterocycles. The molecule has 0 aliphatic carbocycles. The summed E-state index contributed by atoms with van der Waals surface area (Å²) in [7, 11) is 0. The summed E-state index contributed by atoms with van der Waals surface area (Å²) < 4.78 is 5.34. The Bertz CT molecular complexity index is 497. The van der Waals surface area contributed by atoms with Crippen LogP contribution in [0.4, 0.5) is 0 Å². The van der Waals surface area contributed by atoms with Gasteiger partial charge in [0, 0.05) is 18.1 Å². The van der Waals surface area contributed by atoms with Gasteiger partial charge in [-0.3, -0.25) is 4.79 Å². The molecule has 0 saturated heterocycles. The third kappa shape index (κ3) is 2.34. The highest BCUT2D eigenvalue weighted by molar-refractivity contribution is 5.21. The van der Waals surface area contributed by atoms with E-state index >= 15 is 0 Å². The lowest BCUT2D eigenvalue weighted by atomic mass is 10.1. The molecule has 76 valence electrons. The van der Waals surface area contributed by atoms with E-state index < -0.39 is 0 Å². The number of aryl methyl sites for hydroxylation is 1. The van der Waals surface area contributed by atoms with Gasteiger partial charge in [-0.2, -0.15) is 0 Å². The molecule has 0 fully saturated rings. The van der Waals surface area contributed by atoms with Crippen LogP contribution < -0.4 is 5.43 Å². The molecule has 2 nitrogen and oxygen atoms in total. The van der Waals surface area contributed by atoms with Gasteiger partial charge in [0.2, 0.25) is 0 Å². The standard InChI is InChI=1S/C13H12O2/c1-10-9-15-12(8-13(10)14)7-11-5-3-2-4-6-11/h2-6,8-9H,7H2,1H3. The zero-order valence-corrected chi connectivity index (χ0v) is 8.57. The van der Waals surface area contributed by atoms with Crippen molar-refractivity contribution < 1.29 is 4.42 Å². The second-order valence-electron chi connectivity index (χ2n) is 3.56. The van der Waals surface area contributed by atoms with Gasteiger partial charge in [0.05, 0.1) is 6.26 Å². The molecular formula is C13H12O2. The lowest BCUT2D eigenvalue weighted by Crippen LogP contribution is -2.04. The van der Waals surface area contributed by atoms with E-state index in [2.05, 4.69) is 0 Å². The average molecular weight is 200 g/mol. The maximum Gasteiger partial charge on any atom is 0.187 e. The van der Waals surface area contributed by atoms with E-state index in [1.165, 1.54) is 6.26 Å². The lowest BCUT2D eigenvalue weighted by Gasteiger charge is -2.00. The third-order valence-corrected chi connectivity index (χ3v) is 2.29. The van der Waals surface area contributed by atoms with Crippen LogP contribution in [0.25, 0.3) is 0 Å². The SMILES string of the molecule is Cc1coc(Cc2ccccc2)cc1=O. The first-order chi connectivity index (χ1) is 7.25. The van der Waals surface area contributed by atoms with E-state index in [1.54, 1.807) is 13.0 Å². The van der Waals surface area contributed by atoms with Crippen molar-refractivity contribution in [3.05, 3.63) is 69.8 Å².